The van der Waals surface area contributed by atoms with Crippen molar-refractivity contribution in [2.45, 2.75) is 64.8 Å². The number of thiazole rings is 1. The highest BCUT2D eigenvalue weighted by Gasteiger charge is 2.33. The fourth-order valence-electron chi connectivity index (χ4n) is 2.34. The fourth-order valence-corrected chi connectivity index (χ4v) is 3.49. The van der Waals surface area contributed by atoms with Crippen molar-refractivity contribution in [3.8, 4) is 0 Å². The number of carboxylic acids is 1. The number of aromatic nitrogens is 1. The molecule has 0 atom stereocenters. The molecule has 2 rings (SSSR count). The van der Waals surface area contributed by atoms with Crippen LogP contribution in [0.2, 0.25) is 0 Å². The predicted molar refractivity (Wildman–Crippen MR) is 83.1 cm³/mol. The van der Waals surface area contributed by atoms with E-state index in [0.29, 0.717) is 16.8 Å². The monoisotopic (exact) mass is 296 g/mol. The Morgan fingerprint density at radius 2 is 2.15 bits per heavy atom. The van der Waals surface area contributed by atoms with Crippen LogP contribution in [0.15, 0.2) is 0 Å². The standard InChI is InChI=1S/C15H24N2O2S/c1-4-5-6-9-17(10(2)3)15-16-12(11-7-8-11)13(20-15)14(18)19/h10-11H,4-9H2,1-3H3,(H,18,19). The molecule has 1 fully saturated rings. The van der Waals surface area contributed by atoms with E-state index in [1.54, 1.807) is 0 Å². The highest BCUT2D eigenvalue weighted by atomic mass is 32.1. The number of carboxylic acid groups (broad SMARTS) is 1. The van der Waals surface area contributed by atoms with Gasteiger partial charge >= 0.3 is 5.97 Å². The van der Waals surface area contributed by atoms with E-state index in [1.807, 2.05) is 0 Å². The van der Waals surface area contributed by atoms with E-state index in [9.17, 15) is 9.90 Å². The van der Waals surface area contributed by atoms with E-state index < -0.39 is 5.97 Å². The third-order valence-electron chi connectivity index (χ3n) is 3.67. The summed E-state index contributed by atoms with van der Waals surface area (Å²) in [4.78, 5) is 18.7. The molecule has 0 unspecified atom stereocenters. The Balaban J connectivity index is 2.19. The van der Waals surface area contributed by atoms with Gasteiger partial charge in [0.2, 0.25) is 0 Å². The van der Waals surface area contributed by atoms with Gasteiger partial charge in [0, 0.05) is 18.5 Å². The molecule has 0 saturated heterocycles. The lowest BCUT2D eigenvalue weighted by Crippen LogP contribution is -2.31. The zero-order valence-electron chi connectivity index (χ0n) is 12.6. The van der Waals surface area contributed by atoms with Gasteiger partial charge in [-0.15, -0.1) is 0 Å². The SMILES string of the molecule is CCCCCN(c1nc(C2CC2)c(C(=O)O)s1)C(C)C. The maximum Gasteiger partial charge on any atom is 0.347 e. The minimum atomic E-state index is -0.826. The largest absolute Gasteiger partial charge is 0.477 e. The van der Waals surface area contributed by atoms with Gasteiger partial charge in [-0.3, -0.25) is 0 Å². The third-order valence-corrected chi connectivity index (χ3v) is 4.77. The number of anilines is 1. The van der Waals surface area contributed by atoms with Crippen molar-refractivity contribution in [2.75, 3.05) is 11.4 Å². The summed E-state index contributed by atoms with van der Waals surface area (Å²) in [5.74, 6) is -0.441. The lowest BCUT2D eigenvalue weighted by Gasteiger charge is -2.26. The van der Waals surface area contributed by atoms with Gasteiger partial charge in [0.1, 0.15) is 4.88 Å². The Labute approximate surface area is 124 Å². The Morgan fingerprint density at radius 1 is 1.45 bits per heavy atom. The van der Waals surface area contributed by atoms with E-state index in [0.717, 1.165) is 36.6 Å². The summed E-state index contributed by atoms with van der Waals surface area (Å²) >= 11 is 1.35. The number of nitrogens with zero attached hydrogens (tertiary/aromatic N) is 2. The summed E-state index contributed by atoms with van der Waals surface area (Å²) < 4.78 is 0. The van der Waals surface area contributed by atoms with Gasteiger partial charge in [0.15, 0.2) is 5.13 Å². The molecule has 0 radical (unpaired) electrons. The summed E-state index contributed by atoms with van der Waals surface area (Å²) in [5, 5.41) is 10.2. The van der Waals surface area contributed by atoms with Crippen molar-refractivity contribution in [2.24, 2.45) is 0 Å². The topological polar surface area (TPSA) is 53.4 Å². The Hall–Kier alpha value is -1.10. The normalized spacial score (nSPS) is 14.8. The molecular weight excluding hydrogens is 272 g/mol. The summed E-state index contributed by atoms with van der Waals surface area (Å²) in [6.07, 6.45) is 5.70. The molecule has 1 aromatic heterocycles. The summed E-state index contributed by atoms with van der Waals surface area (Å²) in [6, 6.07) is 0.353. The maximum absolute atomic E-state index is 11.4. The van der Waals surface area contributed by atoms with Gasteiger partial charge in [0.05, 0.1) is 5.69 Å². The number of unbranched alkanes of at least 4 members (excludes halogenated alkanes) is 2. The van der Waals surface area contributed by atoms with Crippen LogP contribution in [0, 0.1) is 0 Å². The number of carbonyl (C=O) groups is 1. The average molecular weight is 296 g/mol. The van der Waals surface area contributed by atoms with Crippen LogP contribution in [-0.4, -0.2) is 28.6 Å². The zero-order valence-corrected chi connectivity index (χ0v) is 13.4. The van der Waals surface area contributed by atoms with Gasteiger partial charge in [-0.1, -0.05) is 31.1 Å². The second-order valence-electron chi connectivity index (χ2n) is 5.78. The van der Waals surface area contributed by atoms with Crippen LogP contribution >= 0.6 is 11.3 Å². The summed E-state index contributed by atoms with van der Waals surface area (Å²) in [7, 11) is 0. The second kappa shape index (κ2) is 6.57. The smallest absolute Gasteiger partial charge is 0.347 e. The van der Waals surface area contributed by atoms with E-state index in [4.69, 9.17) is 0 Å². The molecule has 20 heavy (non-hydrogen) atoms. The highest BCUT2D eigenvalue weighted by Crippen LogP contribution is 2.44. The predicted octanol–water partition coefficient (Wildman–Crippen LogP) is 4.12. The van der Waals surface area contributed by atoms with Gasteiger partial charge in [-0.05, 0) is 33.1 Å². The van der Waals surface area contributed by atoms with Crippen LogP contribution in [0.4, 0.5) is 5.13 Å². The van der Waals surface area contributed by atoms with Gasteiger partial charge in [-0.2, -0.15) is 0 Å². The Morgan fingerprint density at radius 3 is 2.65 bits per heavy atom. The van der Waals surface area contributed by atoms with E-state index >= 15 is 0 Å². The van der Waals surface area contributed by atoms with Crippen LogP contribution in [0.25, 0.3) is 0 Å². The van der Waals surface area contributed by atoms with Gasteiger partial charge < -0.3 is 10.0 Å². The van der Waals surface area contributed by atoms with Crippen LogP contribution in [0.3, 0.4) is 0 Å². The molecule has 1 N–H and O–H groups in total. The van der Waals surface area contributed by atoms with Crippen LogP contribution in [0.5, 0.6) is 0 Å². The Kier molecular flexibility index (Phi) is 5.02. The van der Waals surface area contributed by atoms with Crippen LogP contribution in [-0.2, 0) is 0 Å². The van der Waals surface area contributed by atoms with Crippen molar-refractivity contribution >= 4 is 22.4 Å². The number of aromatic carboxylic acids is 1. The Bertz CT molecular complexity index is 466. The quantitative estimate of drug-likeness (QED) is 0.733. The molecule has 1 heterocycles. The zero-order chi connectivity index (χ0) is 14.7. The summed E-state index contributed by atoms with van der Waals surface area (Å²) in [5.41, 5.74) is 0.818. The molecule has 1 aliphatic rings. The van der Waals surface area contributed by atoms with Gasteiger partial charge in [0.25, 0.3) is 0 Å². The molecule has 1 aromatic rings. The van der Waals surface area contributed by atoms with Crippen LogP contribution in [0.1, 0.15) is 74.2 Å². The number of hydrogen-bond acceptors (Lipinski definition) is 4. The molecule has 1 aliphatic carbocycles. The minimum absolute atomic E-state index is 0.353. The molecule has 0 amide bonds. The average Bonchev–Trinajstić information content (AvgIpc) is 3.14. The first-order valence-electron chi connectivity index (χ1n) is 7.55. The highest BCUT2D eigenvalue weighted by molar-refractivity contribution is 7.17. The van der Waals surface area contributed by atoms with Crippen molar-refractivity contribution in [3.63, 3.8) is 0 Å². The van der Waals surface area contributed by atoms with Crippen molar-refractivity contribution in [3.05, 3.63) is 10.6 Å². The first-order valence-corrected chi connectivity index (χ1v) is 8.36. The van der Waals surface area contributed by atoms with E-state index in [2.05, 4.69) is 30.7 Å². The lowest BCUT2D eigenvalue weighted by atomic mass is 10.2. The fraction of sp³-hybridized carbons (Fsp3) is 0.733. The first kappa shape index (κ1) is 15.3. The molecule has 0 aromatic carbocycles. The first-order chi connectivity index (χ1) is 9.54. The summed E-state index contributed by atoms with van der Waals surface area (Å²) in [6.45, 7) is 7.44. The minimum Gasteiger partial charge on any atom is -0.477 e. The molecule has 112 valence electrons. The van der Waals surface area contributed by atoms with Crippen molar-refractivity contribution in [1.29, 1.82) is 0 Å². The molecule has 1 saturated carbocycles. The number of rotatable bonds is 8. The molecule has 0 aliphatic heterocycles. The second-order valence-corrected chi connectivity index (χ2v) is 6.76. The molecule has 4 nitrogen and oxygen atoms in total. The van der Waals surface area contributed by atoms with E-state index in [1.165, 1.54) is 24.2 Å². The molecular formula is C15H24N2O2S. The number of hydrogen-bond donors (Lipinski definition) is 1. The molecule has 0 spiro atoms. The van der Waals surface area contributed by atoms with E-state index in [-0.39, 0.29) is 0 Å². The molecule has 5 heteroatoms. The van der Waals surface area contributed by atoms with Crippen molar-refractivity contribution < 1.29 is 9.90 Å². The maximum atomic E-state index is 11.4. The lowest BCUT2D eigenvalue weighted by molar-refractivity contribution is 0.0700. The third kappa shape index (κ3) is 3.51. The van der Waals surface area contributed by atoms with Crippen molar-refractivity contribution in [1.82, 2.24) is 4.98 Å². The van der Waals surface area contributed by atoms with Gasteiger partial charge in [-0.25, -0.2) is 9.78 Å². The molecule has 0 bridgehead atoms. The van der Waals surface area contributed by atoms with Crippen LogP contribution < -0.4 is 4.90 Å².